The van der Waals surface area contributed by atoms with Gasteiger partial charge in [-0.2, -0.15) is 0 Å². The molecule has 0 amide bonds. The van der Waals surface area contributed by atoms with Crippen molar-refractivity contribution in [2.75, 3.05) is 10.6 Å². The number of hydrogen-bond acceptors (Lipinski definition) is 2. The summed E-state index contributed by atoms with van der Waals surface area (Å²) in [5.41, 5.74) is 2.45. The van der Waals surface area contributed by atoms with E-state index in [9.17, 15) is 0 Å². The van der Waals surface area contributed by atoms with Crippen LogP contribution in [0.15, 0.2) is 24.3 Å². The van der Waals surface area contributed by atoms with Gasteiger partial charge in [-0.25, -0.2) is 0 Å². The molecule has 1 rings (SSSR count). The maximum absolute atomic E-state index is 3.56. The monoisotopic (exact) mass is 276 g/mol. The molecule has 0 aliphatic heterocycles. The summed E-state index contributed by atoms with van der Waals surface area (Å²) in [5.74, 6) is 0. The second kappa shape index (κ2) is 9.68. The third-order valence-corrected chi connectivity index (χ3v) is 3.69. The second-order valence-electron chi connectivity index (χ2n) is 5.95. The SMILES string of the molecule is CCCCC(C)Nc1ccc(NC(C)CCCC)cc1. The Hall–Kier alpha value is -1.18. The van der Waals surface area contributed by atoms with Crippen molar-refractivity contribution in [3.63, 3.8) is 0 Å². The third kappa shape index (κ3) is 6.83. The second-order valence-corrected chi connectivity index (χ2v) is 5.95. The first-order valence-electron chi connectivity index (χ1n) is 8.28. The molecule has 2 atom stereocenters. The van der Waals surface area contributed by atoms with E-state index in [0.29, 0.717) is 12.1 Å². The Morgan fingerprint density at radius 2 is 1.10 bits per heavy atom. The molecule has 2 heteroatoms. The van der Waals surface area contributed by atoms with Gasteiger partial charge in [0.2, 0.25) is 0 Å². The fraction of sp³-hybridized carbons (Fsp3) is 0.667. The van der Waals surface area contributed by atoms with Crippen molar-refractivity contribution in [2.45, 2.75) is 78.3 Å². The maximum Gasteiger partial charge on any atom is 0.0343 e. The van der Waals surface area contributed by atoms with Crippen LogP contribution in [-0.4, -0.2) is 12.1 Å². The lowest BCUT2D eigenvalue weighted by Crippen LogP contribution is -2.16. The van der Waals surface area contributed by atoms with E-state index in [2.05, 4.69) is 62.6 Å². The average Bonchev–Trinajstić information content (AvgIpc) is 2.45. The van der Waals surface area contributed by atoms with Gasteiger partial charge in [0.1, 0.15) is 0 Å². The zero-order valence-corrected chi connectivity index (χ0v) is 13.7. The topological polar surface area (TPSA) is 24.1 Å². The first-order chi connectivity index (χ1) is 9.65. The van der Waals surface area contributed by atoms with Crippen LogP contribution in [0.3, 0.4) is 0 Å². The Bertz CT molecular complexity index is 310. The first-order valence-corrected chi connectivity index (χ1v) is 8.28. The number of unbranched alkanes of at least 4 members (excludes halogenated alkanes) is 2. The van der Waals surface area contributed by atoms with Gasteiger partial charge in [0, 0.05) is 23.5 Å². The first kappa shape index (κ1) is 16.9. The smallest absolute Gasteiger partial charge is 0.0343 e. The van der Waals surface area contributed by atoms with Crippen molar-refractivity contribution in [1.82, 2.24) is 0 Å². The molecule has 0 aliphatic carbocycles. The minimum Gasteiger partial charge on any atom is -0.383 e. The van der Waals surface area contributed by atoms with Crippen LogP contribution in [0.4, 0.5) is 11.4 Å². The fourth-order valence-corrected chi connectivity index (χ4v) is 2.40. The van der Waals surface area contributed by atoms with Crippen molar-refractivity contribution in [3.8, 4) is 0 Å². The number of benzene rings is 1. The lowest BCUT2D eigenvalue weighted by Gasteiger charge is -2.17. The van der Waals surface area contributed by atoms with Gasteiger partial charge in [0.05, 0.1) is 0 Å². The average molecular weight is 276 g/mol. The summed E-state index contributed by atoms with van der Waals surface area (Å²) >= 11 is 0. The number of anilines is 2. The van der Waals surface area contributed by atoms with Gasteiger partial charge in [0.25, 0.3) is 0 Å². The Morgan fingerprint density at radius 1 is 0.750 bits per heavy atom. The molecule has 0 radical (unpaired) electrons. The highest BCUT2D eigenvalue weighted by Gasteiger charge is 2.03. The molecule has 1 aromatic carbocycles. The Morgan fingerprint density at radius 3 is 1.40 bits per heavy atom. The van der Waals surface area contributed by atoms with E-state index in [4.69, 9.17) is 0 Å². The van der Waals surface area contributed by atoms with E-state index in [1.165, 1.54) is 49.9 Å². The molecule has 1 aromatic rings. The summed E-state index contributed by atoms with van der Waals surface area (Å²) in [6.45, 7) is 9.00. The number of rotatable bonds is 10. The van der Waals surface area contributed by atoms with Gasteiger partial charge in [-0.3, -0.25) is 0 Å². The molecule has 0 fully saturated rings. The molecule has 114 valence electrons. The zero-order chi connectivity index (χ0) is 14.8. The van der Waals surface area contributed by atoms with E-state index >= 15 is 0 Å². The molecule has 2 unspecified atom stereocenters. The largest absolute Gasteiger partial charge is 0.383 e. The van der Waals surface area contributed by atoms with Gasteiger partial charge >= 0.3 is 0 Å². The van der Waals surface area contributed by atoms with E-state index < -0.39 is 0 Å². The molecule has 0 spiro atoms. The predicted octanol–water partition coefficient (Wildman–Crippen LogP) is 5.67. The predicted molar refractivity (Wildman–Crippen MR) is 91.7 cm³/mol. The molecule has 0 aliphatic rings. The van der Waals surface area contributed by atoms with Crippen molar-refractivity contribution in [2.24, 2.45) is 0 Å². The van der Waals surface area contributed by atoms with E-state index in [0.717, 1.165) is 0 Å². The number of nitrogens with one attached hydrogen (secondary N) is 2. The van der Waals surface area contributed by atoms with E-state index in [1.807, 2.05) is 0 Å². The molecule has 0 bridgehead atoms. The highest BCUT2D eigenvalue weighted by Crippen LogP contribution is 2.17. The van der Waals surface area contributed by atoms with Gasteiger partial charge in [-0.1, -0.05) is 39.5 Å². The van der Waals surface area contributed by atoms with Crippen LogP contribution in [0.5, 0.6) is 0 Å². The van der Waals surface area contributed by atoms with Crippen molar-refractivity contribution in [1.29, 1.82) is 0 Å². The van der Waals surface area contributed by atoms with Crippen LogP contribution in [0.25, 0.3) is 0 Å². The van der Waals surface area contributed by atoms with Crippen LogP contribution in [-0.2, 0) is 0 Å². The summed E-state index contributed by atoms with van der Waals surface area (Å²) in [5, 5.41) is 7.13. The van der Waals surface area contributed by atoms with Crippen molar-refractivity contribution in [3.05, 3.63) is 24.3 Å². The van der Waals surface area contributed by atoms with Gasteiger partial charge in [0.15, 0.2) is 0 Å². The lowest BCUT2D eigenvalue weighted by atomic mass is 10.1. The summed E-state index contributed by atoms with van der Waals surface area (Å²) in [6, 6.07) is 9.82. The quantitative estimate of drug-likeness (QED) is 0.575. The highest BCUT2D eigenvalue weighted by molar-refractivity contribution is 5.54. The molecule has 0 aromatic heterocycles. The van der Waals surface area contributed by atoms with Crippen LogP contribution in [0.1, 0.15) is 66.2 Å². The molecular formula is C18H32N2. The van der Waals surface area contributed by atoms with E-state index in [1.54, 1.807) is 0 Å². The van der Waals surface area contributed by atoms with Crippen LogP contribution >= 0.6 is 0 Å². The van der Waals surface area contributed by atoms with Gasteiger partial charge in [-0.05, 0) is 51.0 Å². The van der Waals surface area contributed by atoms with Gasteiger partial charge in [-0.15, -0.1) is 0 Å². The highest BCUT2D eigenvalue weighted by atomic mass is 14.9. The normalized spacial score (nSPS) is 13.8. The van der Waals surface area contributed by atoms with Crippen molar-refractivity contribution >= 4 is 11.4 Å². The minimum atomic E-state index is 0.553. The Kier molecular flexibility index (Phi) is 8.17. The number of hydrogen-bond donors (Lipinski definition) is 2. The molecule has 2 nitrogen and oxygen atoms in total. The molecule has 2 N–H and O–H groups in total. The molecule has 0 heterocycles. The maximum atomic E-state index is 3.56. The minimum absolute atomic E-state index is 0.553. The van der Waals surface area contributed by atoms with Crippen LogP contribution < -0.4 is 10.6 Å². The lowest BCUT2D eigenvalue weighted by molar-refractivity contribution is 0.644. The molecule has 0 saturated heterocycles. The molecule has 20 heavy (non-hydrogen) atoms. The Balaban J connectivity index is 2.39. The fourth-order valence-electron chi connectivity index (χ4n) is 2.40. The molecular weight excluding hydrogens is 244 g/mol. The molecule has 0 saturated carbocycles. The van der Waals surface area contributed by atoms with Crippen molar-refractivity contribution < 1.29 is 0 Å². The van der Waals surface area contributed by atoms with Gasteiger partial charge < -0.3 is 10.6 Å². The standard InChI is InChI=1S/C18H32N2/c1-5-7-9-15(3)19-17-11-13-18(14-12-17)20-16(4)10-8-6-2/h11-16,19-20H,5-10H2,1-4H3. The third-order valence-electron chi connectivity index (χ3n) is 3.69. The van der Waals surface area contributed by atoms with E-state index in [-0.39, 0.29) is 0 Å². The van der Waals surface area contributed by atoms with Crippen LogP contribution in [0.2, 0.25) is 0 Å². The van der Waals surface area contributed by atoms with Crippen LogP contribution in [0, 0.1) is 0 Å². The summed E-state index contributed by atoms with van der Waals surface area (Å²) < 4.78 is 0. The summed E-state index contributed by atoms with van der Waals surface area (Å²) in [6.07, 6.45) is 7.61. The summed E-state index contributed by atoms with van der Waals surface area (Å²) in [4.78, 5) is 0. The zero-order valence-electron chi connectivity index (χ0n) is 13.7. The summed E-state index contributed by atoms with van der Waals surface area (Å²) in [7, 11) is 0. The Labute approximate surface area is 125 Å².